The topological polar surface area (TPSA) is 36.1 Å². The van der Waals surface area contributed by atoms with Crippen LogP contribution in [0.15, 0.2) is 28.7 Å². The summed E-state index contributed by atoms with van der Waals surface area (Å²) in [5, 5.41) is 10.5. The average molecular weight is 180 g/mol. The zero-order valence-corrected chi connectivity index (χ0v) is 6.94. The molecule has 0 radical (unpaired) electrons. The molecular formula is C8H5FN2S. The van der Waals surface area contributed by atoms with Crippen molar-refractivity contribution in [1.82, 2.24) is 0 Å². The van der Waals surface area contributed by atoms with Crippen molar-refractivity contribution >= 4 is 17.4 Å². The van der Waals surface area contributed by atoms with Crippen molar-refractivity contribution < 1.29 is 4.39 Å². The van der Waals surface area contributed by atoms with Gasteiger partial charge in [0.25, 0.3) is 0 Å². The third-order valence-electron chi connectivity index (χ3n) is 1.50. The molecule has 0 fully saturated rings. The molecule has 0 saturated heterocycles. The minimum atomic E-state index is -0.447. The van der Waals surface area contributed by atoms with E-state index in [0.29, 0.717) is 5.70 Å². The van der Waals surface area contributed by atoms with Crippen molar-refractivity contribution in [1.29, 1.82) is 5.26 Å². The van der Waals surface area contributed by atoms with Crippen LogP contribution < -0.4 is 0 Å². The molecule has 12 heavy (non-hydrogen) atoms. The number of hydrogen-bond donors (Lipinski definition) is 0. The van der Waals surface area contributed by atoms with Crippen LogP contribution in [-0.4, -0.2) is 5.16 Å². The van der Waals surface area contributed by atoms with Crippen LogP contribution in [0.25, 0.3) is 0 Å². The molecule has 2 nitrogen and oxygen atoms in total. The molecule has 0 unspecified atom stereocenters. The predicted octanol–water partition coefficient (Wildman–Crippen LogP) is 2.37. The number of rotatable bonds is 2. The van der Waals surface area contributed by atoms with Crippen molar-refractivity contribution in [2.24, 2.45) is 10.9 Å². The van der Waals surface area contributed by atoms with Gasteiger partial charge in [-0.05, 0) is 24.4 Å². The summed E-state index contributed by atoms with van der Waals surface area (Å²) in [5.41, 5.74) is 0.447. The number of hydrogen-bond acceptors (Lipinski definition) is 3. The van der Waals surface area contributed by atoms with Crippen LogP contribution in [0.4, 0.5) is 4.39 Å². The number of halogens is 1. The molecule has 0 spiro atoms. The van der Waals surface area contributed by atoms with Gasteiger partial charge in [-0.1, -0.05) is 0 Å². The molecule has 0 aromatic carbocycles. The fraction of sp³-hybridized carbons (Fsp3) is 0.250. The molecular weight excluding hydrogens is 175 g/mol. The molecule has 1 rings (SSSR count). The van der Waals surface area contributed by atoms with E-state index in [1.165, 1.54) is 6.08 Å². The first-order valence-corrected chi connectivity index (χ1v) is 3.72. The normalized spacial score (nSPS) is 20.5. The first-order valence-electron chi connectivity index (χ1n) is 3.31. The van der Waals surface area contributed by atoms with E-state index in [9.17, 15) is 4.39 Å². The Morgan fingerprint density at radius 1 is 1.75 bits per heavy atom. The van der Waals surface area contributed by atoms with Crippen LogP contribution in [-0.2, 0) is 0 Å². The van der Waals surface area contributed by atoms with Crippen LogP contribution in [0, 0.1) is 17.2 Å². The minimum absolute atomic E-state index is 0.138. The summed E-state index contributed by atoms with van der Waals surface area (Å²) < 4.78 is 12.9. The Labute approximate surface area is 74.7 Å². The molecule has 0 N–H and O–H groups in total. The lowest BCUT2D eigenvalue weighted by Crippen LogP contribution is -1.90. The monoisotopic (exact) mass is 180 g/mol. The van der Waals surface area contributed by atoms with Gasteiger partial charge in [-0.3, -0.25) is 0 Å². The van der Waals surface area contributed by atoms with Crippen LogP contribution in [0.3, 0.4) is 0 Å². The fourth-order valence-electron chi connectivity index (χ4n) is 0.959. The Kier molecular flexibility index (Phi) is 2.87. The predicted molar refractivity (Wildman–Crippen MR) is 46.0 cm³/mol. The molecule has 1 aliphatic carbocycles. The first kappa shape index (κ1) is 8.79. The van der Waals surface area contributed by atoms with Gasteiger partial charge in [-0.2, -0.15) is 10.3 Å². The third kappa shape index (κ3) is 1.85. The lowest BCUT2D eigenvalue weighted by Gasteiger charge is -1.97. The standard InChI is InChI=1S/C8H5FN2S/c9-8-4-7(11-5-12)3-6(8)1-2-10/h3-4,6H,1H2/t6-/m0/s1. The van der Waals surface area contributed by atoms with Crippen molar-refractivity contribution in [3.05, 3.63) is 23.7 Å². The molecule has 0 aromatic heterocycles. The minimum Gasteiger partial charge on any atom is -0.211 e. The molecule has 0 aliphatic heterocycles. The quantitative estimate of drug-likeness (QED) is 0.483. The SMILES string of the molecule is N#CC[C@H]1C=C(N=C=S)C=C1F. The highest BCUT2D eigenvalue weighted by atomic mass is 32.1. The van der Waals surface area contributed by atoms with E-state index in [-0.39, 0.29) is 12.2 Å². The van der Waals surface area contributed by atoms with Gasteiger partial charge < -0.3 is 0 Å². The van der Waals surface area contributed by atoms with E-state index < -0.39 is 5.92 Å². The summed E-state index contributed by atoms with van der Waals surface area (Å²) in [6.45, 7) is 0. The molecule has 0 amide bonds. The van der Waals surface area contributed by atoms with Gasteiger partial charge in [-0.15, -0.1) is 0 Å². The maximum atomic E-state index is 12.9. The molecule has 0 heterocycles. The molecule has 0 bridgehead atoms. The van der Waals surface area contributed by atoms with Gasteiger partial charge in [0.05, 0.1) is 16.9 Å². The summed E-state index contributed by atoms with van der Waals surface area (Å²) in [7, 11) is 0. The molecule has 0 aromatic rings. The van der Waals surface area contributed by atoms with Crippen molar-refractivity contribution in [3.63, 3.8) is 0 Å². The maximum absolute atomic E-state index is 12.9. The Morgan fingerprint density at radius 3 is 3.08 bits per heavy atom. The molecule has 60 valence electrons. The average Bonchev–Trinajstić information content (AvgIpc) is 2.34. The second-order valence-electron chi connectivity index (χ2n) is 2.29. The zero-order chi connectivity index (χ0) is 8.97. The van der Waals surface area contributed by atoms with Crippen LogP contribution in [0.5, 0.6) is 0 Å². The maximum Gasteiger partial charge on any atom is 0.110 e. The molecule has 1 atom stereocenters. The van der Waals surface area contributed by atoms with Gasteiger partial charge in [0.2, 0.25) is 0 Å². The van der Waals surface area contributed by atoms with Crippen LogP contribution in [0.2, 0.25) is 0 Å². The Balaban J connectivity index is 2.80. The summed E-state index contributed by atoms with van der Waals surface area (Å²) in [5.74, 6) is -0.780. The first-order chi connectivity index (χ1) is 5.77. The number of nitriles is 1. The second kappa shape index (κ2) is 3.91. The Morgan fingerprint density at radius 2 is 2.50 bits per heavy atom. The smallest absolute Gasteiger partial charge is 0.110 e. The van der Waals surface area contributed by atoms with Crippen LogP contribution >= 0.6 is 12.2 Å². The highest BCUT2D eigenvalue weighted by Crippen LogP contribution is 2.27. The molecule has 4 heteroatoms. The number of aliphatic imine (C=N–C) groups is 1. The van der Waals surface area contributed by atoms with E-state index in [0.717, 1.165) is 0 Å². The lowest BCUT2D eigenvalue weighted by molar-refractivity contribution is 0.538. The van der Waals surface area contributed by atoms with E-state index in [1.54, 1.807) is 6.08 Å². The molecule has 0 saturated carbocycles. The van der Waals surface area contributed by atoms with Crippen molar-refractivity contribution in [2.75, 3.05) is 0 Å². The number of thiocarbonyl (C=S) groups is 1. The largest absolute Gasteiger partial charge is 0.211 e. The summed E-state index contributed by atoms with van der Waals surface area (Å²) >= 11 is 4.36. The van der Waals surface area contributed by atoms with Gasteiger partial charge in [0.15, 0.2) is 0 Å². The van der Waals surface area contributed by atoms with E-state index in [4.69, 9.17) is 5.26 Å². The van der Waals surface area contributed by atoms with Gasteiger partial charge in [0.1, 0.15) is 5.83 Å². The summed E-state index contributed by atoms with van der Waals surface area (Å²) in [4.78, 5) is 3.61. The summed E-state index contributed by atoms with van der Waals surface area (Å²) in [6.07, 6.45) is 2.97. The van der Waals surface area contributed by atoms with E-state index in [1.807, 2.05) is 6.07 Å². The highest BCUT2D eigenvalue weighted by Gasteiger charge is 2.18. The third-order valence-corrected chi connectivity index (χ3v) is 1.59. The Bertz CT molecular complexity index is 331. The van der Waals surface area contributed by atoms with Gasteiger partial charge in [0, 0.05) is 12.3 Å². The number of nitrogens with zero attached hydrogens (tertiary/aromatic N) is 2. The zero-order valence-electron chi connectivity index (χ0n) is 6.12. The number of allylic oxidation sites excluding steroid dienone is 3. The highest BCUT2D eigenvalue weighted by molar-refractivity contribution is 7.78. The fourth-order valence-corrected chi connectivity index (χ4v) is 1.06. The molecule has 1 aliphatic rings. The summed E-state index contributed by atoms with van der Waals surface area (Å²) in [6, 6.07) is 1.89. The van der Waals surface area contributed by atoms with Crippen molar-refractivity contribution in [3.8, 4) is 6.07 Å². The lowest BCUT2D eigenvalue weighted by atomic mass is 10.1. The second-order valence-corrected chi connectivity index (χ2v) is 2.48. The number of isothiocyanates is 1. The van der Waals surface area contributed by atoms with E-state index in [2.05, 4.69) is 22.4 Å². The van der Waals surface area contributed by atoms with Gasteiger partial charge in [-0.25, -0.2) is 4.39 Å². The van der Waals surface area contributed by atoms with Crippen LogP contribution in [0.1, 0.15) is 6.42 Å². The Hall–Kier alpha value is -1.30. The van der Waals surface area contributed by atoms with Crippen molar-refractivity contribution in [2.45, 2.75) is 6.42 Å². The van der Waals surface area contributed by atoms with Gasteiger partial charge >= 0.3 is 0 Å². The van der Waals surface area contributed by atoms with E-state index >= 15 is 0 Å².